The quantitative estimate of drug-likeness (QED) is 0.0283. The van der Waals surface area contributed by atoms with Crippen molar-refractivity contribution >= 4 is 17.9 Å². The average molecular weight is 821 g/mol. The SMILES string of the molecule is CC/C=C/C/C=C/CCCCCCCCCC(=O)OC(COCCC(C(=O)O)[N+](C)(C)C)COC(=O)CCCCCCCCCCCCCCCCCCCCCC. The fraction of sp³-hybridized carbons (Fsp3) is 0.860. The first kappa shape index (κ1) is 55.8. The Bertz CT molecular complexity index is 1000. The van der Waals surface area contributed by atoms with E-state index in [-0.39, 0.29) is 36.2 Å². The number of quaternary nitrogens is 1. The van der Waals surface area contributed by atoms with Crippen LogP contribution >= 0.6 is 0 Å². The second-order valence-corrected chi connectivity index (χ2v) is 17.7. The average Bonchev–Trinajstić information content (AvgIpc) is 3.18. The van der Waals surface area contributed by atoms with Crippen molar-refractivity contribution in [3.8, 4) is 0 Å². The predicted molar refractivity (Wildman–Crippen MR) is 243 cm³/mol. The number of carbonyl (C=O) groups is 3. The zero-order chi connectivity index (χ0) is 42.8. The van der Waals surface area contributed by atoms with Crippen LogP contribution in [0, 0.1) is 0 Å². The molecule has 0 saturated heterocycles. The number of carboxylic acid groups (broad SMARTS) is 1. The zero-order valence-electron chi connectivity index (χ0n) is 38.8. The molecule has 340 valence electrons. The lowest BCUT2D eigenvalue weighted by Gasteiger charge is -2.31. The molecule has 0 saturated carbocycles. The Labute approximate surface area is 358 Å². The molecule has 0 aromatic rings. The molecule has 0 rings (SSSR count). The van der Waals surface area contributed by atoms with E-state index in [4.69, 9.17) is 14.2 Å². The summed E-state index contributed by atoms with van der Waals surface area (Å²) in [7, 11) is 5.53. The monoisotopic (exact) mass is 821 g/mol. The third kappa shape index (κ3) is 39.3. The van der Waals surface area contributed by atoms with Gasteiger partial charge in [-0.05, 0) is 38.5 Å². The Kier molecular flexibility index (Phi) is 40.0. The van der Waals surface area contributed by atoms with E-state index in [0.717, 1.165) is 57.8 Å². The van der Waals surface area contributed by atoms with Gasteiger partial charge in [0.05, 0.1) is 34.4 Å². The second kappa shape index (κ2) is 41.5. The van der Waals surface area contributed by atoms with Crippen LogP contribution in [0.1, 0.15) is 226 Å². The Morgan fingerprint density at radius 3 is 1.41 bits per heavy atom. The van der Waals surface area contributed by atoms with Crippen LogP contribution in [-0.2, 0) is 28.6 Å². The van der Waals surface area contributed by atoms with Crippen molar-refractivity contribution in [2.24, 2.45) is 0 Å². The van der Waals surface area contributed by atoms with Crippen molar-refractivity contribution in [2.45, 2.75) is 238 Å². The molecule has 8 nitrogen and oxygen atoms in total. The van der Waals surface area contributed by atoms with Crippen molar-refractivity contribution < 1.29 is 38.2 Å². The summed E-state index contributed by atoms with van der Waals surface area (Å²) < 4.78 is 17.3. The Morgan fingerprint density at radius 1 is 0.534 bits per heavy atom. The van der Waals surface area contributed by atoms with Crippen LogP contribution < -0.4 is 0 Å². The topological polar surface area (TPSA) is 99.1 Å². The highest BCUT2D eigenvalue weighted by Gasteiger charge is 2.31. The molecule has 0 radical (unpaired) electrons. The number of carboxylic acids is 1. The molecule has 0 fully saturated rings. The Morgan fingerprint density at radius 2 is 0.966 bits per heavy atom. The van der Waals surface area contributed by atoms with Crippen LogP contribution in [-0.4, -0.2) is 80.6 Å². The van der Waals surface area contributed by atoms with E-state index < -0.39 is 18.1 Å². The van der Waals surface area contributed by atoms with E-state index in [9.17, 15) is 19.5 Å². The van der Waals surface area contributed by atoms with E-state index in [0.29, 0.717) is 19.3 Å². The normalized spacial score (nSPS) is 13.1. The van der Waals surface area contributed by atoms with Crippen LogP contribution in [0.5, 0.6) is 0 Å². The summed E-state index contributed by atoms with van der Waals surface area (Å²) >= 11 is 0. The summed E-state index contributed by atoms with van der Waals surface area (Å²) in [4.78, 5) is 37.1. The maximum absolute atomic E-state index is 12.7. The summed E-state index contributed by atoms with van der Waals surface area (Å²) in [6, 6.07) is -0.613. The molecule has 0 aromatic heterocycles. The Hall–Kier alpha value is -2.19. The summed E-state index contributed by atoms with van der Waals surface area (Å²) in [5.41, 5.74) is 0. The van der Waals surface area contributed by atoms with Crippen molar-refractivity contribution in [2.75, 3.05) is 41.0 Å². The number of aliphatic carboxylic acids is 1. The number of hydrogen-bond donors (Lipinski definition) is 1. The molecule has 2 atom stereocenters. The summed E-state index contributed by atoms with van der Waals surface area (Å²) in [5, 5.41) is 9.63. The van der Waals surface area contributed by atoms with Gasteiger partial charge in [0.25, 0.3) is 0 Å². The first-order valence-corrected chi connectivity index (χ1v) is 24.4. The zero-order valence-corrected chi connectivity index (χ0v) is 38.8. The number of ether oxygens (including phenoxy) is 3. The highest BCUT2D eigenvalue weighted by atomic mass is 16.6. The minimum absolute atomic E-state index is 0.0495. The first-order chi connectivity index (χ1) is 28.1. The van der Waals surface area contributed by atoms with Gasteiger partial charge in [0, 0.05) is 19.3 Å². The molecule has 0 heterocycles. The number of hydrogen-bond acceptors (Lipinski definition) is 6. The predicted octanol–water partition coefficient (Wildman–Crippen LogP) is 13.6. The van der Waals surface area contributed by atoms with E-state index in [1.807, 2.05) is 21.1 Å². The molecule has 0 aliphatic carbocycles. The Balaban J connectivity index is 4.21. The number of unbranched alkanes of at least 4 members (excludes halogenated alkanes) is 26. The third-order valence-electron chi connectivity index (χ3n) is 11.1. The van der Waals surface area contributed by atoms with Crippen LogP contribution in [0.3, 0.4) is 0 Å². The number of allylic oxidation sites excluding steroid dienone is 4. The van der Waals surface area contributed by atoms with Gasteiger partial charge in [0.1, 0.15) is 6.61 Å². The summed E-state index contributed by atoms with van der Waals surface area (Å²) in [5.74, 6) is -1.46. The van der Waals surface area contributed by atoms with Crippen LogP contribution in [0.4, 0.5) is 0 Å². The van der Waals surface area contributed by atoms with Crippen molar-refractivity contribution in [3.63, 3.8) is 0 Å². The van der Waals surface area contributed by atoms with E-state index in [2.05, 4.69) is 38.2 Å². The van der Waals surface area contributed by atoms with Gasteiger partial charge in [0.15, 0.2) is 12.1 Å². The minimum Gasteiger partial charge on any atom is -0.477 e. The van der Waals surface area contributed by atoms with Gasteiger partial charge < -0.3 is 23.8 Å². The maximum Gasteiger partial charge on any atom is 0.362 e. The lowest BCUT2D eigenvalue weighted by Crippen LogP contribution is -2.50. The summed E-state index contributed by atoms with van der Waals surface area (Å²) in [6.07, 6.45) is 46.5. The summed E-state index contributed by atoms with van der Waals surface area (Å²) in [6.45, 7) is 4.66. The fourth-order valence-electron chi connectivity index (χ4n) is 7.37. The van der Waals surface area contributed by atoms with Gasteiger partial charge in [-0.1, -0.05) is 192 Å². The van der Waals surface area contributed by atoms with Crippen LogP contribution in [0.25, 0.3) is 0 Å². The molecule has 58 heavy (non-hydrogen) atoms. The third-order valence-corrected chi connectivity index (χ3v) is 11.1. The van der Waals surface area contributed by atoms with Crippen LogP contribution in [0.2, 0.25) is 0 Å². The number of nitrogens with zero attached hydrogens (tertiary/aromatic N) is 1. The molecule has 0 amide bonds. The lowest BCUT2D eigenvalue weighted by molar-refractivity contribution is -0.887. The number of esters is 2. The van der Waals surface area contributed by atoms with Gasteiger partial charge in [-0.15, -0.1) is 0 Å². The smallest absolute Gasteiger partial charge is 0.362 e. The lowest BCUT2D eigenvalue weighted by atomic mass is 10.0. The molecule has 2 unspecified atom stereocenters. The van der Waals surface area contributed by atoms with Gasteiger partial charge in [-0.25, -0.2) is 4.79 Å². The molecule has 0 aliphatic rings. The minimum atomic E-state index is -0.874. The van der Waals surface area contributed by atoms with E-state index >= 15 is 0 Å². The van der Waals surface area contributed by atoms with E-state index in [1.54, 1.807) is 0 Å². The van der Waals surface area contributed by atoms with Gasteiger partial charge in [-0.2, -0.15) is 0 Å². The maximum atomic E-state index is 12.7. The highest BCUT2D eigenvalue weighted by Crippen LogP contribution is 2.16. The molecule has 0 aliphatic heterocycles. The molecular weight excluding hydrogens is 727 g/mol. The first-order valence-electron chi connectivity index (χ1n) is 24.4. The number of likely N-dealkylation sites (N-methyl/N-ethyl adjacent to an activating group) is 1. The second-order valence-electron chi connectivity index (χ2n) is 17.7. The molecule has 0 spiro atoms. The molecule has 8 heteroatoms. The fourth-order valence-corrected chi connectivity index (χ4v) is 7.37. The molecule has 1 N–H and O–H groups in total. The van der Waals surface area contributed by atoms with Gasteiger partial charge >= 0.3 is 17.9 Å². The van der Waals surface area contributed by atoms with Crippen LogP contribution in [0.15, 0.2) is 24.3 Å². The molecular formula is C50H94NO7+. The van der Waals surface area contributed by atoms with Crippen molar-refractivity contribution in [1.29, 1.82) is 0 Å². The van der Waals surface area contributed by atoms with Crippen molar-refractivity contribution in [1.82, 2.24) is 0 Å². The molecule has 0 aromatic carbocycles. The van der Waals surface area contributed by atoms with Crippen molar-refractivity contribution in [3.05, 3.63) is 24.3 Å². The van der Waals surface area contributed by atoms with Gasteiger partial charge in [0.2, 0.25) is 0 Å². The van der Waals surface area contributed by atoms with E-state index in [1.165, 1.54) is 135 Å². The number of carbonyl (C=O) groups excluding carboxylic acids is 2. The molecule has 0 bridgehead atoms. The standard InChI is InChI=1S/C50H93NO7/c1-6-8-10-12-14-16-18-20-22-23-24-25-26-27-29-30-32-34-36-38-40-48(52)57-45-46(44-56-43-42-47(50(54)55)51(3,4)5)58-49(53)41-39-37-35-33-31-28-21-19-17-15-13-11-9-7-2/h9,11,15,17,46-47H,6-8,10,12-14,16,18-45H2,1-5H3/p+1/b11-9+,17-15+. The van der Waals surface area contributed by atoms with Gasteiger partial charge in [-0.3, -0.25) is 9.59 Å². The number of rotatable bonds is 44. The highest BCUT2D eigenvalue weighted by molar-refractivity contribution is 5.72. The largest absolute Gasteiger partial charge is 0.477 e.